The molecule has 0 spiro atoms. The fourth-order valence-corrected chi connectivity index (χ4v) is 3.80. The van der Waals surface area contributed by atoms with Crippen LogP contribution in [-0.2, 0) is 17.9 Å². The van der Waals surface area contributed by atoms with Gasteiger partial charge in [0.25, 0.3) is 5.91 Å². The number of carbonyl (C=O) groups excluding carboxylic acids is 2. The zero-order valence-electron chi connectivity index (χ0n) is 17.0. The van der Waals surface area contributed by atoms with Crippen LogP contribution in [0, 0.1) is 5.92 Å². The third kappa shape index (κ3) is 5.81. The van der Waals surface area contributed by atoms with Crippen molar-refractivity contribution in [1.82, 2.24) is 15.1 Å². The Morgan fingerprint density at radius 1 is 1.03 bits per heavy atom. The number of amides is 2. The number of piperidine rings is 1. The first kappa shape index (κ1) is 21.3. The van der Waals surface area contributed by atoms with Gasteiger partial charge in [-0.05, 0) is 62.3 Å². The fourth-order valence-electron chi connectivity index (χ4n) is 3.67. The molecule has 2 aromatic rings. The summed E-state index contributed by atoms with van der Waals surface area (Å²) in [5.74, 6) is 0.0201. The van der Waals surface area contributed by atoms with Crippen LogP contribution in [0.3, 0.4) is 0 Å². The smallest absolute Gasteiger partial charge is 0.253 e. The van der Waals surface area contributed by atoms with E-state index >= 15 is 0 Å². The van der Waals surface area contributed by atoms with Crippen LogP contribution in [-0.4, -0.2) is 48.8 Å². The number of nitrogens with zero attached hydrogens (tertiary/aromatic N) is 2. The van der Waals surface area contributed by atoms with Gasteiger partial charge >= 0.3 is 0 Å². The van der Waals surface area contributed by atoms with Crippen molar-refractivity contribution in [2.24, 2.45) is 5.92 Å². The van der Waals surface area contributed by atoms with Crippen LogP contribution in [0.15, 0.2) is 48.5 Å². The summed E-state index contributed by atoms with van der Waals surface area (Å²) >= 11 is 5.89. The topological polar surface area (TPSA) is 52.7 Å². The number of halogens is 1. The van der Waals surface area contributed by atoms with E-state index in [2.05, 4.69) is 22.3 Å². The van der Waals surface area contributed by atoms with Crippen molar-refractivity contribution >= 4 is 23.4 Å². The lowest BCUT2D eigenvalue weighted by atomic mass is 9.95. The molecule has 1 heterocycles. The zero-order valence-corrected chi connectivity index (χ0v) is 17.8. The van der Waals surface area contributed by atoms with Gasteiger partial charge in [0.2, 0.25) is 5.91 Å². The Morgan fingerprint density at radius 3 is 2.28 bits per heavy atom. The number of rotatable bonds is 6. The molecule has 1 N–H and O–H groups in total. The Morgan fingerprint density at radius 2 is 1.66 bits per heavy atom. The van der Waals surface area contributed by atoms with Gasteiger partial charge in [0.05, 0.1) is 0 Å². The SMILES string of the molecule is CN(C)Cc1ccccc1CNC(=O)C1CCN(C(=O)c2ccc(Cl)cc2)CC1. The van der Waals surface area contributed by atoms with Gasteiger partial charge in [-0.1, -0.05) is 35.9 Å². The molecule has 0 aromatic heterocycles. The van der Waals surface area contributed by atoms with Crippen LogP contribution in [0.4, 0.5) is 0 Å². The van der Waals surface area contributed by atoms with Gasteiger partial charge in [0.1, 0.15) is 0 Å². The Hall–Kier alpha value is -2.37. The van der Waals surface area contributed by atoms with Gasteiger partial charge in [-0.3, -0.25) is 9.59 Å². The largest absolute Gasteiger partial charge is 0.352 e. The first-order valence-corrected chi connectivity index (χ1v) is 10.4. The summed E-state index contributed by atoms with van der Waals surface area (Å²) in [7, 11) is 4.07. The third-order valence-corrected chi connectivity index (χ3v) is 5.55. The Balaban J connectivity index is 1.50. The molecule has 0 radical (unpaired) electrons. The molecular weight excluding hydrogens is 386 g/mol. The molecule has 1 fully saturated rings. The highest BCUT2D eigenvalue weighted by atomic mass is 35.5. The lowest BCUT2D eigenvalue weighted by Crippen LogP contribution is -2.43. The second kappa shape index (κ2) is 9.90. The first-order chi connectivity index (χ1) is 13.9. The second-order valence-electron chi connectivity index (χ2n) is 7.80. The lowest BCUT2D eigenvalue weighted by molar-refractivity contribution is -0.126. The van der Waals surface area contributed by atoms with Crippen molar-refractivity contribution in [3.8, 4) is 0 Å². The highest BCUT2D eigenvalue weighted by Gasteiger charge is 2.27. The highest BCUT2D eigenvalue weighted by molar-refractivity contribution is 6.30. The number of benzene rings is 2. The van der Waals surface area contributed by atoms with E-state index in [0.717, 1.165) is 12.1 Å². The van der Waals surface area contributed by atoms with Gasteiger partial charge < -0.3 is 15.1 Å². The van der Waals surface area contributed by atoms with Crippen LogP contribution in [0.5, 0.6) is 0 Å². The van der Waals surface area contributed by atoms with Gasteiger partial charge in [-0.2, -0.15) is 0 Å². The van der Waals surface area contributed by atoms with Gasteiger partial charge in [-0.25, -0.2) is 0 Å². The molecule has 1 saturated heterocycles. The molecule has 0 unspecified atom stereocenters. The highest BCUT2D eigenvalue weighted by Crippen LogP contribution is 2.20. The predicted molar refractivity (Wildman–Crippen MR) is 116 cm³/mol. The Bertz CT molecular complexity index is 843. The van der Waals surface area contributed by atoms with Crippen molar-refractivity contribution in [2.45, 2.75) is 25.9 Å². The first-order valence-electron chi connectivity index (χ1n) is 9.98. The van der Waals surface area contributed by atoms with Crippen molar-refractivity contribution < 1.29 is 9.59 Å². The van der Waals surface area contributed by atoms with E-state index in [1.165, 1.54) is 5.56 Å². The average molecular weight is 414 g/mol. The van der Waals surface area contributed by atoms with Gasteiger partial charge in [0, 0.05) is 42.7 Å². The molecule has 3 rings (SSSR count). The van der Waals surface area contributed by atoms with E-state index < -0.39 is 0 Å². The molecule has 0 saturated carbocycles. The van der Waals surface area contributed by atoms with E-state index in [-0.39, 0.29) is 17.7 Å². The molecule has 2 aromatic carbocycles. The maximum absolute atomic E-state index is 12.6. The number of hydrogen-bond donors (Lipinski definition) is 1. The molecule has 154 valence electrons. The van der Waals surface area contributed by atoms with E-state index in [1.807, 2.05) is 31.1 Å². The molecule has 0 bridgehead atoms. The minimum absolute atomic E-state index is 0.00172. The molecule has 0 atom stereocenters. The van der Waals surface area contributed by atoms with Crippen LogP contribution in [0.1, 0.15) is 34.3 Å². The minimum Gasteiger partial charge on any atom is -0.352 e. The van der Waals surface area contributed by atoms with Gasteiger partial charge in [0.15, 0.2) is 0 Å². The number of carbonyl (C=O) groups is 2. The zero-order chi connectivity index (χ0) is 20.8. The molecule has 1 aliphatic heterocycles. The summed E-state index contributed by atoms with van der Waals surface area (Å²) in [5, 5.41) is 3.70. The van der Waals surface area contributed by atoms with Crippen LogP contribution >= 0.6 is 11.6 Å². The number of likely N-dealkylation sites (tertiary alicyclic amines) is 1. The van der Waals surface area contributed by atoms with E-state index in [4.69, 9.17) is 11.6 Å². The monoisotopic (exact) mass is 413 g/mol. The van der Waals surface area contributed by atoms with Crippen molar-refractivity contribution in [3.63, 3.8) is 0 Å². The number of nitrogens with one attached hydrogen (secondary N) is 1. The van der Waals surface area contributed by atoms with Crippen molar-refractivity contribution in [3.05, 3.63) is 70.2 Å². The molecule has 1 aliphatic rings. The second-order valence-corrected chi connectivity index (χ2v) is 8.23. The van der Waals surface area contributed by atoms with Crippen LogP contribution in [0.2, 0.25) is 5.02 Å². The summed E-state index contributed by atoms with van der Waals surface area (Å²) in [6.45, 7) is 2.57. The van der Waals surface area contributed by atoms with E-state index in [9.17, 15) is 9.59 Å². The average Bonchev–Trinajstić information content (AvgIpc) is 2.72. The quantitative estimate of drug-likeness (QED) is 0.787. The van der Waals surface area contributed by atoms with Crippen molar-refractivity contribution in [2.75, 3.05) is 27.2 Å². The molecule has 5 nitrogen and oxygen atoms in total. The maximum Gasteiger partial charge on any atom is 0.253 e. The Labute approximate surface area is 177 Å². The Kier molecular flexibility index (Phi) is 7.29. The summed E-state index contributed by atoms with van der Waals surface area (Å²) in [6.07, 6.45) is 1.37. The van der Waals surface area contributed by atoms with Crippen LogP contribution in [0.25, 0.3) is 0 Å². The van der Waals surface area contributed by atoms with Gasteiger partial charge in [-0.15, -0.1) is 0 Å². The standard InChI is InChI=1S/C23H28ClN3O2/c1-26(2)16-20-6-4-3-5-19(20)15-25-22(28)17-11-13-27(14-12-17)23(29)18-7-9-21(24)10-8-18/h3-10,17H,11-16H2,1-2H3,(H,25,28). The summed E-state index contributed by atoms with van der Waals surface area (Å²) < 4.78 is 0. The van der Waals surface area contributed by atoms with E-state index in [0.29, 0.717) is 43.1 Å². The van der Waals surface area contributed by atoms with Crippen molar-refractivity contribution in [1.29, 1.82) is 0 Å². The summed E-state index contributed by atoms with van der Waals surface area (Å²) in [6, 6.07) is 15.1. The molecular formula is C23H28ClN3O2. The molecule has 2 amide bonds. The predicted octanol–water partition coefficient (Wildman–Crippen LogP) is 3.57. The molecule has 29 heavy (non-hydrogen) atoms. The molecule has 6 heteroatoms. The maximum atomic E-state index is 12.6. The van der Waals surface area contributed by atoms with Crippen LogP contribution < -0.4 is 5.32 Å². The lowest BCUT2D eigenvalue weighted by Gasteiger charge is -2.31. The minimum atomic E-state index is -0.0507. The number of hydrogen-bond acceptors (Lipinski definition) is 3. The third-order valence-electron chi connectivity index (χ3n) is 5.30. The summed E-state index contributed by atoms with van der Waals surface area (Å²) in [5.41, 5.74) is 3.00. The fraction of sp³-hybridized carbons (Fsp3) is 0.391. The van der Waals surface area contributed by atoms with E-state index in [1.54, 1.807) is 24.3 Å². The normalized spacial score (nSPS) is 14.8. The molecule has 0 aliphatic carbocycles. The summed E-state index contributed by atoms with van der Waals surface area (Å²) in [4.78, 5) is 29.2.